The third-order valence-corrected chi connectivity index (χ3v) is 3.93. The minimum atomic E-state index is -0.190. The molecule has 0 spiro atoms. The van der Waals surface area contributed by atoms with Gasteiger partial charge in [-0.1, -0.05) is 26.0 Å². The van der Waals surface area contributed by atoms with Crippen LogP contribution in [0, 0.1) is 5.82 Å². The molecular weight excluding hydrogens is 267 g/mol. The third-order valence-electron chi connectivity index (χ3n) is 3.93. The monoisotopic (exact) mass is 294 g/mol. The molecule has 1 aliphatic heterocycles. The minimum absolute atomic E-state index is 0.127. The number of halogens is 1. The van der Waals surface area contributed by atoms with E-state index in [1.165, 1.54) is 12.1 Å². The molecule has 1 aromatic rings. The summed E-state index contributed by atoms with van der Waals surface area (Å²) in [6.45, 7) is 9.13. The van der Waals surface area contributed by atoms with Crippen molar-refractivity contribution in [2.45, 2.75) is 38.8 Å². The zero-order valence-corrected chi connectivity index (χ0v) is 13.1. The van der Waals surface area contributed by atoms with Gasteiger partial charge in [-0.25, -0.2) is 4.39 Å². The van der Waals surface area contributed by atoms with Crippen LogP contribution in [0.4, 0.5) is 4.39 Å². The summed E-state index contributed by atoms with van der Waals surface area (Å²) in [5, 5.41) is 3.56. The van der Waals surface area contributed by atoms with Gasteiger partial charge in [0.15, 0.2) is 0 Å². The SMILES string of the molecule is CCCNC(c1ccc(F)cc1)C1CN(CCC)CCO1. The maximum atomic E-state index is 13.1. The quantitative estimate of drug-likeness (QED) is 0.837. The predicted octanol–water partition coefficient (Wildman–Crippen LogP) is 2.98. The largest absolute Gasteiger partial charge is 0.374 e. The number of benzene rings is 1. The maximum absolute atomic E-state index is 13.1. The molecule has 0 bridgehead atoms. The maximum Gasteiger partial charge on any atom is 0.123 e. The average molecular weight is 294 g/mol. The first kappa shape index (κ1) is 16.4. The number of ether oxygens (including phenoxy) is 1. The van der Waals surface area contributed by atoms with Crippen LogP contribution in [0.2, 0.25) is 0 Å². The lowest BCUT2D eigenvalue weighted by atomic mass is 9.99. The molecule has 1 aliphatic rings. The predicted molar refractivity (Wildman–Crippen MR) is 83.9 cm³/mol. The molecule has 0 amide bonds. The van der Waals surface area contributed by atoms with Crippen LogP contribution in [0.25, 0.3) is 0 Å². The van der Waals surface area contributed by atoms with E-state index in [2.05, 4.69) is 24.1 Å². The average Bonchev–Trinajstić information content (AvgIpc) is 2.50. The Kier molecular flexibility index (Phi) is 6.61. The lowest BCUT2D eigenvalue weighted by Crippen LogP contribution is -2.48. The molecule has 1 heterocycles. The Bertz CT molecular complexity index is 408. The number of nitrogens with one attached hydrogen (secondary N) is 1. The summed E-state index contributed by atoms with van der Waals surface area (Å²) in [6.07, 6.45) is 2.36. The van der Waals surface area contributed by atoms with Crippen molar-refractivity contribution in [1.82, 2.24) is 10.2 Å². The molecule has 2 atom stereocenters. The highest BCUT2D eigenvalue weighted by atomic mass is 19.1. The van der Waals surface area contributed by atoms with Crippen molar-refractivity contribution < 1.29 is 9.13 Å². The van der Waals surface area contributed by atoms with Crippen molar-refractivity contribution in [2.75, 3.05) is 32.8 Å². The van der Waals surface area contributed by atoms with E-state index >= 15 is 0 Å². The molecule has 118 valence electrons. The van der Waals surface area contributed by atoms with Gasteiger partial charge in [0.25, 0.3) is 0 Å². The van der Waals surface area contributed by atoms with Crippen molar-refractivity contribution in [1.29, 1.82) is 0 Å². The molecule has 3 nitrogen and oxygen atoms in total. The summed E-state index contributed by atoms with van der Waals surface area (Å²) in [4.78, 5) is 2.46. The molecule has 0 saturated carbocycles. The van der Waals surface area contributed by atoms with Crippen LogP contribution < -0.4 is 5.32 Å². The van der Waals surface area contributed by atoms with Crippen LogP contribution in [0.5, 0.6) is 0 Å². The second kappa shape index (κ2) is 8.47. The summed E-state index contributed by atoms with van der Waals surface area (Å²) in [6, 6.07) is 6.92. The highest BCUT2D eigenvalue weighted by Crippen LogP contribution is 2.23. The van der Waals surface area contributed by atoms with E-state index in [1.807, 2.05) is 12.1 Å². The minimum Gasteiger partial charge on any atom is -0.374 e. The van der Waals surface area contributed by atoms with E-state index in [-0.39, 0.29) is 18.0 Å². The van der Waals surface area contributed by atoms with Crippen molar-refractivity contribution in [3.8, 4) is 0 Å². The highest BCUT2D eigenvalue weighted by molar-refractivity contribution is 5.21. The van der Waals surface area contributed by atoms with Crippen LogP contribution >= 0.6 is 0 Å². The Morgan fingerprint density at radius 2 is 2.05 bits per heavy atom. The van der Waals surface area contributed by atoms with E-state index < -0.39 is 0 Å². The van der Waals surface area contributed by atoms with Crippen LogP contribution in [-0.2, 0) is 4.74 Å². The molecule has 0 aromatic heterocycles. The van der Waals surface area contributed by atoms with E-state index in [0.717, 1.165) is 51.2 Å². The second-order valence-electron chi connectivity index (χ2n) is 5.69. The van der Waals surface area contributed by atoms with Gasteiger partial charge in [-0.3, -0.25) is 4.90 Å². The molecule has 2 unspecified atom stereocenters. The van der Waals surface area contributed by atoms with Crippen molar-refractivity contribution in [2.24, 2.45) is 0 Å². The van der Waals surface area contributed by atoms with Crippen LogP contribution in [0.3, 0.4) is 0 Å². The van der Waals surface area contributed by atoms with Gasteiger partial charge in [-0.15, -0.1) is 0 Å². The zero-order chi connectivity index (χ0) is 15.1. The van der Waals surface area contributed by atoms with E-state index in [0.29, 0.717) is 0 Å². The molecular formula is C17H27FN2O. The Hall–Kier alpha value is -0.970. The Balaban J connectivity index is 2.09. The first-order chi connectivity index (χ1) is 10.2. The third kappa shape index (κ3) is 4.77. The number of hydrogen-bond acceptors (Lipinski definition) is 3. The lowest BCUT2D eigenvalue weighted by Gasteiger charge is -2.37. The lowest BCUT2D eigenvalue weighted by molar-refractivity contribution is -0.0470. The highest BCUT2D eigenvalue weighted by Gasteiger charge is 2.28. The van der Waals surface area contributed by atoms with E-state index in [9.17, 15) is 4.39 Å². The first-order valence-corrected chi connectivity index (χ1v) is 8.07. The smallest absolute Gasteiger partial charge is 0.123 e. The van der Waals surface area contributed by atoms with Gasteiger partial charge in [0.2, 0.25) is 0 Å². The van der Waals surface area contributed by atoms with Gasteiger partial charge >= 0.3 is 0 Å². The van der Waals surface area contributed by atoms with E-state index in [1.54, 1.807) is 0 Å². The molecule has 4 heteroatoms. The summed E-state index contributed by atoms with van der Waals surface area (Å²) >= 11 is 0. The van der Waals surface area contributed by atoms with E-state index in [4.69, 9.17) is 4.74 Å². The van der Waals surface area contributed by atoms with Gasteiger partial charge in [0.05, 0.1) is 18.8 Å². The van der Waals surface area contributed by atoms with Crippen LogP contribution in [0.15, 0.2) is 24.3 Å². The van der Waals surface area contributed by atoms with Gasteiger partial charge in [-0.05, 0) is 43.6 Å². The van der Waals surface area contributed by atoms with Crippen LogP contribution in [-0.4, -0.2) is 43.8 Å². The summed E-state index contributed by atoms with van der Waals surface area (Å²) in [5.74, 6) is -0.190. The molecule has 2 rings (SSSR count). The Morgan fingerprint density at radius 1 is 1.29 bits per heavy atom. The number of nitrogens with zero attached hydrogens (tertiary/aromatic N) is 1. The van der Waals surface area contributed by atoms with Crippen LogP contribution in [0.1, 0.15) is 38.3 Å². The molecule has 1 fully saturated rings. The Morgan fingerprint density at radius 3 is 2.71 bits per heavy atom. The van der Waals surface area contributed by atoms with Crippen molar-refractivity contribution in [3.63, 3.8) is 0 Å². The van der Waals surface area contributed by atoms with Gasteiger partial charge in [-0.2, -0.15) is 0 Å². The van der Waals surface area contributed by atoms with Crippen molar-refractivity contribution in [3.05, 3.63) is 35.6 Å². The number of hydrogen-bond donors (Lipinski definition) is 1. The zero-order valence-electron chi connectivity index (χ0n) is 13.1. The topological polar surface area (TPSA) is 24.5 Å². The fraction of sp³-hybridized carbons (Fsp3) is 0.647. The summed E-state index contributed by atoms with van der Waals surface area (Å²) < 4.78 is 19.1. The molecule has 0 radical (unpaired) electrons. The molecule has 1 aromatic carbocycles. The molecule has 1 N–H and O–H groups in total. The van der Waals surface area contributed by atoms with Gasteiger partial charge in [0.1, 0.15) is 5.82 Å². The van der Waals surface area contributed by atoms with Crippen molar-refractivity contribution >= 4 is 0 Å². The molecule has 21 heavy (non-hydrogen) atoms. The second-order valence-corrected chi connectivity index (χ2v) is 5.69. The number of rotatable bonds is 7. The standard InChI is InChI=1S/C17H27FN2O/c1-3-9-19-17(14-5-7-15(18)8-6-14)16-13-20(10-4-2)11-12-21-16/h5-8,16-17,19H,3-4,9-13H2,1-2H3. The summed E-state index contributed by atoms with van der Waals surface area (Å²) in [5.41, 5.74) is 1.10. The molecule has 0 aliphatic carbocycles. The summed E-state index contributed by atoms with van der Waals surface area (Å²) in [7, 11) is 0. The van der Waals surface area contributed by atoms with Gasteiger partial charge in [0, 0.05) is 13.1 Å². The molecule has 1 saturated heterocycles. The fourth-order valence-corrected chi connectivity index (χ4v) is 2.89. The normalized spacial score (nSPS) is 21.4. The Labute approximate surface area is 127 Å². The van der Waals surface area contributed by atoms with Gasteiger partial charge < -0.3 is 10.1 Å². The number of morpholine rings is 1. The first-order valence-electron chi connectivity index (χ1n) is 8.07. The fourth-order valence-electron chi connectivity index (χ4n) is 2.89.